The summed E-state index contributed by atoms with van der Waals surface area (Å²) in [5.41, 5.74) is 1.60. The molecule has 0 unspecified atom stereocenters. The van der Waals surface area contributed by atoms with E-state index in [4.69, 9.17) is 11.6 Å². The molecule has 1 aromatic carbocycles. The molecule has 0 fully saturated rings. The minimum atomic E-state index is -0.184. The molecule has 0 radical (unpaired) electrons. The van der Waals surface area contributed by atoms with E-state index in [1.807, 2.05) is 26.0 Å². The summed E-state index contributed by atoms with van der Waals surface area (Å²) in [6, 6.07) is 9.06. The number of thiophene rings is 1. The summed E-state index contributed by atoms with van der Waals surface area (Å²) in [5, 5.41) is 3.36. The van der Waals surface area contributed by atoms with Crippen molar-refractivity contribution in [3.05, 3.63) is 50.7 Å². The van der Waals surface area contributed by atoms with Gasteiger partial charge in [0, 0.05) is 28.4 Å². The number of amides is 1. The fourth-order valence-corrected chi connectivity index (χ4v) is 2.84. The first-order valence-electron chi connectivity index (χ1n) is 6.61. The van der Waals surface area contributed by atoms with E-state index in [0.717, 1.165) is 10.4 Å². The first-order valence-corrected chi connectivity index (χ1v) is 7.81. The number of aryl methyl sites for hydroxylation is 2. The van der Waals surface area contributed by atoms with Crippen LogP contribution >= 0.6 is 22.9 Å². The van der Waals surface area contributed by atoms with E-state index in [0.29, 0.717) is 15.6 Å². The molecular formula is C16H16ClNO2S. The zero-order valence-electron chi connectivity index (χ0n) is 11.9. The van der Waals surface area contributed by atoms with Crippen molar-refractivity contribution < 1.29 is 9.59 Å². The van der Waals surface area contributed by atoms with Crippen LogP contribution in [0.4, 0.5) is 5.69 Å². The highest BCUT2D eigenvalue weighted by Crippen LogP contribution is 2.21. The minimum Gasteiger partial charge on any atom is -0.326 e. The number of anilines is 1. The zero-order valence-corrected chi connectivity index (χ0v) is 13.5. The topological polar surface area (TPSA) is 46.2 Å². The Hall–Kier alpha value is -1.65. The van der Waals surface area contributed by atoms with E-state index in [1.54, 1.807) is 18.2 Å². The third kappa shape index (κ3) is 4.41. The number of Topliss-reactive ketones (excluding diaryl/α,β-unsaturated/α-hetero) is 1. The first-order chi connectivity index (χ1) is 9.95. The van der Waals surface area contributed by atoms with E-state index in [9.17, 15) is 9.59 Å². The van der Waals surface area contributed by atoms with Crippen LogP contribution in [-0.2, 0) is 4.79 Å². The predicted molar refractivity (Wildman–Crippen MR) is 87.4 cm³/mol. The van der Waals surface area contributed by atoms with Gasteiger partial charge >= 0.3 is 0 Å². The highest BCUT2D eigenvalue weighted by atomic mass is 35.5. The van der Waals surface area contributed by atoms with E-state index in [1.165, 1.54) is 11.3 Å². The second-order valence-electron chi connectivity index (χ2n) is 4.85. The summed E-state index contributed by atoms with van der Waals surface area (Å²) in [6.45, 7) is 3.85. The van der Waals surface area contributed by atoms with Crippen LogP contribution in [0.2, 0.25) is 5.02 Å². The van der Waals surface area contributed by atoms with Gasteiger partial charge in [-0.15, -0.1) is 11.3 Å². The number of halogens is 1. The normalized spacial score (nSPS) is 10.4. The quantitative estimate of drug-likeness (QED) is 0.817. The Balaban J connectivity index is 1.87. The van der Waals surface area contributed by atoms with Gasteiger partial charge in [0.15, 0.2) is 5.78 Å². The van der Waals surface area contributed by atoms with Gasteiger partial charge in [-0.2, -0.15) is 0 Å². The molecular weight excluding hydrogens is 306 g/mol. The Morgan fingerprint density at radius 2 is 1.90 bits per heavy atom. The molecule has 0 aliphatic heterocycles. The molecule has 3 nitrogen and oxygen atoms in total. The second-order valence-corrected chi connectivity index (χ2v) is 6.54. The number of ketones is 1. The lowest BCUT2D eigenvalue weighted by atomic mass is 10.1. The average Bonchev–Trinajstić information content (AvgIpc) is 2.87. The summed E-state index contributed by atoms with van der Waals surface area (Å²) in [5.74, 6) is -0.179. The number of rotatable bonds is 5. The number of carbonyl (C=O) groups excluding carboxylic acids is 2. The van der Waals surface area contributed by atoms with Crippen molar-refractivity contribution in [1.82, 2.24) is 0 Å². The molecule has 110 valence electrons. The van der Waals surface area contributed by atoms with Crippen molar-refractivity contribution in [2.45, 2.75) is 26.7 Å². The third-order valence-electron chi connectivity index (χ3n) is 3.05. The Kier molecular flexibility index (Phi) is 5.15. The van der Waals surface area contributed by atoms with Gasteiger partial charge in [0.05, 0.1) is 4.88 Å². The number of benzene rings is 1. The molecule has 1 amide bonds. The first kappa shape index (κ1) is 15.7. The van der Waals surface area contributed by atoms with Crippen LogP contribution in [0, 0.1) is 13.8 Å². The molecule has 21 heavy (non-hydrogen) atoms. The number of carbonyl (C=O) groups is 2. The lowest BCUT2D eigenvalue weighted by molar-refractivity contribution is -0.116. The molecule has 1 N–H and O–H groups in total. The van der Waals surface area contributed by atoms with E-state index < -0.39 is 0 Å². The predicted octanol–water partition coefficient (Wildman–Crippen LogP) is 4.62. The lowest BCUT2D eigenvalue weighted by Crippen LogP contribution is -2.13. The van der Waals surface area contributed by atoms with Gasteiger partial charge in [0.25, 0.3) is 0 Å². The van der Waals surface area contributed by atoms with Crippen LogP contribution in [-0.4, -0.2) is 11.7 Å². The fraction of sp³-hybridized carbons (Fsp3) is 0.250. The van der Waals surface area contributed by atoms with Crippen molar-refractivity contribution in [2.75, 3.05) is 5.32 Å². The molecule has 1 heterocycles. The van der Waals surface area contributed by atoms with Gasteiger partial charge in [-0.3, -0.25) is 9.59 Å². The van der Waals surface area contributed by atoms with Crippen molar-refractivity contribution >= 4 is 40.3 Å². The maximum absolute atomic E-state index is 11.9. The highest BCUT2D eigenvalue weighted by Gasteiger charge is 2.11. The summed E-state index contributed by atoms with van der Waals surface area (Å²) in [4.78, 5) is 25.6. The smallest absolute Gasteiger partial charge is 0.224 e. The molecule has 1 aromatic heterocycles. The number of hydrogen-bond acceptors (Lipinski definition) is 3. The molecule has 2 aromatic rings. The second kappa shape index (κ2) is 6.87. The summed E-state index contributed by atoms with van der Waals surface area (Å²) >= 11 is 7.46. The number of hydrogen-bond donors (Lipinski definition) is 1. The zero-order chi connectivity index (χ0) is 15.4. The molecule has 0 spiro atoms. The summed E-state index contributed by atoms with van der Waals surface area (Å²) < 4.78 is 0. The molecule has 0 bridgehead atoms. The maximum atomic E-state index is 11.9. The van der Waals surface area contributed by atoms with E-state index in [-0.39, 0.29) is 24.5 Å². The fourth-order valence-electron chi connectivity index (χ4n) is 1.83. The van der Waals surface area contributed by atoms with Crippen LogP contribution in [0.3, 0.4) is 0 Å². The molecule has 0 aliphatic rings. The maximum Gasteiger partial charge on any atom is 0.224 e. The van der Waals surface area contributed by atoms with Crippen LogP contribution < -0.4 is 5.32 Å². The molecule has 0 atom stereocenters. The largest absolute Gasteiger partial charge is 0.326 e. The van der Waals surface area contributed by atoms with Crippen LogP contribution in [0.1, 0.15) is 33.0 Å². The molecule has 2 rings (SSSR count). The van der Waals surface area contributed by atoms with Crippen LogP contribution in [0.15, 0.2) is 30.3 Å². The van der Waals surface area contributed by atoms with Crippen molar-refractivity contribution in [3.8, 4) is 0 Å². The molecule has 0 aliphatic carbocycles. The molecule has 5 heteroatoms. The monoisotopic (exact) mass is 321 g/mol. The van der Waals surface area contributed by atoms with Crippen molar-refractivity contribution in [1.29, 1.82) is 0 Å². The van der Waals surface area contributed by atoms with Gasteiger partial charge in [-0.25, -0.2) is 0 Å². The minimum absolute atomic E-state index is 0.00480. The van der Waals surface area contributed by atoms with E-state index >= 15 is 0 Å². The summed E-state index contributed by atoms with van der Waals surface area (Å²) in [7, 11) is 0. The Bertz CT molecular complexity index is 679. The SMILES string of the molecule is Cc1ccc(C(=O)CCC(=O)Nc2ccc(C)c(Cl)c2)s1. The van der Waals surface area contributed by atoms with Crippen LogP contribution in [0.25, 0.3) is 0 Å². The van der Waals surface area contributed by atoms with Gasteiger partial charge < -0.3 is 5.32 Å². The highest BCUT2D eigenvalue weighted by molar-refractivity contribution is 7.14. The summed E-state index contributed by atoms with van der Waals surface area (Å²) in [6.07, 6.45) is 0.382. The average molecular weight is 322 g/mol. The lowest BCUT2D eigenvalue weighted by Gasteiger charge is -2.06. The van der Waals surface area contributed by atoms with Crippen LogP contribution in [0.5, 0.6) is 0 Å². The van der Waals surface area contributed by atoms with Gasteiger partial charge in [-0.05, 0) is 43.7 Å². The van der Waals surface area contributed by atoms with Gasteiger partial charge in [0.2, 0.25) is 5.91 Å². The Labute approximate surface area is 132 Å². The molecule has 0 saturated heterocycles. The standard InChI is InChI=1S/C16H16ClNO2S/c1-10-3-5-12(9-13(10)17)18-16(20)8-6-14(19)15-7-4-11(2)21-15/h3-5,7,9H,6,8H2,1-2H3,(H,18,20). The van der Waals surface area contributed by atoms with Gasteiger partial charge in [0.1, 0.15) is 0 Å². The van der Waals surface area contributed by atoms with Crippen molar-refractivity contribution in [2.24, 2.45) is 0 Å². The van der Waals surface area contributed by atoms with Crippen molar-refractivity contribution in [3.63, 3.8) is 0 Å². The Morgan fingerprint density at radius 1 is 1.14 bits per heavy atom. The number of nitrogens with one attached hydrogen (secondary N) is 1. The van der Waals surface area contributed by atoms with Gasteiger partial charge in [-0.1, -0.05) is 17.7 Å². The molecule has 0 saturated carbocycles. The third-order valence-corrected chi connectivity index (χ3v) is 4.50. The Morgan fingerprint density at radius 3 is 2.52 bits per heavy atom. The van der Waals surface area contributed by atoms with E-state index in [2.05, 4.69) is 5.32 Å².